The standard InChI is InChI=1S/C14H17N3O.ClH/c1-14(2,3)13-16-12(18-17-13)9-4-5-10-7-15-8-11(10)6-9;/h4-6,15H,7-8H2,1-3H3;1H. The first-order chi connectivity index (χ1) is 8.54. The summed E-state index contributed by atoms with van der Waals surface area (Å²) in [6.07, 6.45) is 0. The SMILES string of the molecule is CC(C)(C)c1noc(-c2ccc3c(c2)CNC3)n1.Cl. The Bertz CT molecular complexity index is 587. The molecule has 19 heavy (non-hydrogen) atoms. The molecule has 0 spiro atoms. The van der Waals surface area contributed by atoms with Crippen LogP contribution in [0.1, 0.15) is 37.7 Å². The van der Waals surface area contributed by atoms with Crippen molar-refractivity contribution >= 4 is 12.4 Å². The van der Waals surface area contributed by atoms with E-state index in [4.69, 9.17) is 4.52 Å². The third-order valence-electron chi connectivity index (χ3n) is 3.18. The number of rotatable bonds is 1. The van der Waals surface area contributed by atoms with Crippen molar-refractivity contribution in [3.63, 3.8) is 0 Å². The van der Waals surface area contributed by atoms with Gasteiger partial charge in [0.1, 0.15) is 0 Å². The Morgan fingerprint density at radius 3 is 2.58 bits per heavy atom. The molecule has 3 rings (SSSR count). The van der Waals surface area contributed by atoms with E-state index in [9.17, 15) is 0 Å². The molecule has 2 aromatic rings. The van der Waals surface area contributed by atoms with Crippen LogP contribution in [0.4, 0.5) is 0 Å². The van der Waals surface area contributed by atoms with E-state index in [0.29, 0.717) is 5.89 Å². The van der Waals surface area contributed by atoms with E-state index in [0.717, 1.165) is 24.5 Å². The van der Waals surface area contributed by atoms with Gasteiger partial charge in [0.15, 0.2) is 5.82 Å². The molecule has 2 heterocycles. The largest absolute Gasteiger partial charge is 0.334 e. The minimum absolute atomic E-state index is 0. The predicted molar refractivity (Wildman–Crippen MR) is 76.2 cm³/mol. The first-order valence-electron chi connectivity index (χ1n) is 6.21. The van der Waals surface area contributed by atoms with Crippen LogP contribution in [0, 0.1) is 0 Å². The molecule has 4 nitrogen and oxygen atoms in total. The smallest absolute Gasteiger partial charge is 0.257 e. The van der Waals surface area contributed by atoms with Gasteiger partial charge in [-0.1, -0.05) is 32.0 Å². The Morgan fingerprint density at radius 1 is 1.16 bits per heavy atom. The lowest BCUT2D eigenvalue weighted by atomic mass is 9.96. The van der Waals surface area contributed by atoms with Crippen molar-refractivity contribution in [1.82, 2.24) is 15.5 Å². The van der Waals surface area contributed by atoms with Gasteiger partial charge >= 0.3 is 0 Å². The number of fused-ring (bicyclic) bond motifs is 1. The molecule has 1 aliphatic heterocycles. The van der Waals surface area contributed by atoms with Crippen molar-refractivity contribution in [2.75, 3.05) is 0 Å². The second-order valence-electron chi connectivity index (χ2n) is 5.76. The van der Waals surface area contributed by atoms with Gasteiger partial charge in [-0.3, -0.25) is 0 Å². The molecule has 102 valence electrons. The Kier molecular flexibility index (Phi) is 3.65. The Hall–Kier alpha value is -1.39. The van der Waals surface area contributed by atoms with Crippen LogP contribution in [-0.2, 0) is 18.5 Å². The maximum Gasteiger partial charge on any atom is 0.257 e. The summed E-state index contributed by atoms with van der Waals surface area (Å²) < 4.78 is 5.36. The van der Waals surface area contributed by atoms with Crippen molar-refractivity contribution < 1.29 is 4.52 Å². The van der Waals surface area contributed by atoms with Gasteiger partial charge in [-0.05, 0) is 23.3 Å². The normalized spacial score (nSPS) is 14.1. The molecule has 0 atom stereocenters. The van der Waals surface area contributed by atoms with Crippen LogP contribution < -0.4 is 5.32 Å². The monoisotopic (exact) mass is 279 g/mol. The zero-order valence-corrected chi connectivity index (χ0v) is 12.2. The Labute approximate surface area is 119 Å². The Morgan fingerprint density at radius 2 is 1.89 bits per heavy atom. The van der Waals surface area contributed by atoms with E-state index >= 15 is 0 Å². The van der Waals surface area contributed by atoms with Gasteiger partial charge in [-0.2, -0.15) is 4.98 Å². The average molecular weight is 280 g/mol. The van der Waals surface area contributed by atoms with Crippen LogP contribution in [0.5, 0.6) is 0 Å². The van der Waals surface area contributed by atoms with E-state index in [-0.39, 0.29) is 17.8 Å². The summed E-state index contributed by atoms with van der Waals surface area (Å²) in [5.41, 5.74) is 3.60. The summed E-state index contributed by atoms with van der Waals surface area (Å²) >= 11 is 0. The summed E-state index contributed by atoms with van der Waals surface area (Å²) in [6.45, 7) is 8.10. The van der Waals surface area contributed by atoms with Crippen LogP contribution in [0.3, 0.4) is 0 Å². The fourth-order valence-electron chi connectivity index (χ4n) is 2.07. The highest BCUT2D eigenvalue weighted by atomic mass is 35.5. The molecular formula is C14H18ClN3O. The zero-order valence-electron chi connectivity index (χ0n) is 11.4. The maximum absolute atomic E-state index is 5.36. The second-order valence-corrected chi connectivity index (χ2v) is 5.76. The molecule has 5 heteroatoms. The van der Waals surface area contributed by atoms with E-state index in [2.05, 4.69) is 48.4 Å². The second kappa shape index (κ2) is 4.94. The molecule has 1 aliphatic rings. The maximum atomic E-state index is 5.36. The van der Waals surface area contributed by atoms with Crippen molar-refractivity contribution in [1.29, 1.82) is 0 Å². The number of nitrogens with one attached hydrogen (secondary N) is 1. The summed E-state index contributed by atoms with van der Waals surface area (Å²) in [7, 11) is 0. The highest BCUT2D eigenvalue weighted by Crippen LogP contribution is 2.26. The van der Waals surface area contributed by atoms with Crippen molar-refractivity contribution in [3.8, 4) is 11.5 Å². The van der Waals surface area contributed by atoms with E-state index in [1.807, 2.05) is 6.07 Å². The number of hydrogen-bond acceptors (Lipinski definition) is 4. The number of aromatic nitrogens is 2. The van der Waals surface area contributed by atoms with Crippen LogP contribution >= 0.6 is 12.4 Å². The topological polar surface area (TPSA) is 51.0 Å². The van der Waals surface area contributed by atoms with Crippen molar-refractivity contribution in [2.24, 2.45) is 0 Å². The van der Waals surface area contributed by atoms with E-state index < -0.39 is 0 Å². The fourth-order valence-corrected chi connectivity index (χ4v) is 2.07. The third kappa shape index (κ3) is 2.65. The van der Waals surface area contributed by atoms with E-state index in [1.165, 1.54) is 11.1 Å². The molecule has 1 N–H and O–H groups in total. The quantitative estimate of drug-likeness (QED) is 0.872. The van der Waals surface area contributed by atoms with Crippen LogP contribution in [0.15, 0.2) is 22.7 Å². The zero-order chi connectivity index (χ0) is 12.8. The lowest BCUT2D eigenvalue weighted by molar-refractivity contribution is 0.402. The summed E-state index contributed by atoms with van der Waals surface area (Å²) in [5, 5.41) is 7.38. The lowest BCUT2D eigenvalue weighted by Gasteiger charge is -2.10. The van der Waals surface area contributed by atoms with Gasteiger partial charge < -0.3 is 9.84 Å². The highest BCUT2D eigenvalue weighted by molar-refractivity contribution is 5.85. The molecule has 0 saturated carbocycles. The first-order valence-corrected chi connectivity index (χ1v) is 6.21. The summed E-state index contributed by atoms with van der Waals surface area (Å²) in [4.78, 5) is 4.48. The lowest BCUT2D eigenvalue weighted by Crippen LogP contribution is -2.13. The minimum Gasteiger partial charge on any atom is -0.334 e. The number of halogens is 1. The highest BCUT2D eigenvalue weighted by Gasteiger charge is 2.22. The molecule has 0 unspecified atom stereocenters. The molecular weight excluding hydrogens is 262 g/mol. The fraction of sp³-hybridized carbons (Fsp3) is 0.429. The number of hydrogen-bond donors (Lipinski definition) is 1. The molecule has 0 radical (unpaired) electrons. The average Bonchev–Trinajstić information content (AvgIpc) is 2.96. The summed E-state index contributed by atoms with van der Waals surface area (Å²) in [5.74, 6) is 1.35. The molecule has 1 aromatic heterocycles. The van der Waals surface area contributed by atoms with Crippen LogP contribution in [0.25, 0.3) is 11.5 Å². The molecule has 0 amide bonds. The van der Waals surface area contributed by atoms with Gasteiger partial charge in [0, 0.05) is 24.1 Å². The molecule has 0 bridgehead atoms. The third-order valence-corrected chi connectivity index (χ3v) is 3.18. The molecule has 0 aliphatic carbocycles. The van der Waals surface area contributed by atoms with Gasteiger partial charge in [-0.25, -0.2) is 0 Å². The van der Waals surface area contributed by atoms with Gasteiger partial charge in [0.05, 0.1) is 0 Å². The van der Waals surface area contributed by atoms with E-state index in [1.54, 1.807) is 0 Å². The van der Waals surface area contributed by atoms with Gasteiger partial charge in [0.2, 0.25) is 0 Å². The summed E-state index contributed by atoms with van der Waals surface area (Å²) in [6, 6.07) is 6.31. The van der Waals surface area contributed by atoms with Crippen LogP contribution in [0.2, 0.25) is 0 Å². The predicted octanol–water partition coefficient (Wildman–Crippen LogP) is 3.06. The van der Waals surface area contributed by atoms with Crippen LogP contribution in [-0.4, -0.2) is 10.1 Å². The van der Waals surface area contributed by atoms with Gasteiger partial charge in [0.25, 0.3) is 5.89 Å². The van der Waals surface area contributed by atoms with Gasteiger partial charge in [-0.15, -0.1) is 12.4 Å². The number of nitrogens with zero attached hydrogens (tertiary/aromatic N) is 2. The van der Waals surface area contributed by atoms with Crippen molar-refractivity contribution in [3.05, 3.63) is 35.2 Å². The first kappa shape index (κ1) is 14.0. The minimum atomic E-state index is -0.0833. The molecule has 0 saturated heterocycles. The molecule has 1 aromatic carbocycles. The van der Waals surface area contributed by atoms with Crippen molar-refractivity contribution in [2.45, 2.75) is 39.3 Å². The Balaban J connectivity index is 0.00000133. The molecule has 0 fully saturated rings. The number of benzene rings is 1.